The van der Waals surface area contributed by atoms with Crippen LogP contribution in [-0.4, -0.2) is 7.11 Å². The minimum absolute atomic E-state index is 0.0938. The Morgan fingerprint density at radius 1 is 1.55 bits per heavy atom. The number of benzene rings is 1. The average molecular weight is 149 g/mol. The minimum atomic E-state index is -0.0938. The van der Waals surface area contributed by atoms with E-state index in [0.717, 1.165) is 5.56 Å². The maximum Gasteiger partial charge on any atom is 0.1000 e. The first kappa shape index (κ1) is 6.62. The SMILES string of the molecule is [2H]C=CC(OC)c1ccccc1. The summed E-state index contributed by atoms with van der Waals surface area (Å²) in [6.45, 7) is 1.25. The highest BCUT2D eigenvalue weighted by Gasteiger charge is 2.02. The summed E-state index contributed by atoms with van der Waals surface area (Å²) in [4.78, 5) is 0. The summed E-state index contributed by atoms with van der Waals surface area (Å²) in [5.41, 5.74) is 1.07. The molecule has 0 bridgehead atoms. The Balaban J connectivity index is 2.80. The van der Waals surface area contributed by atoms with Crippen LogP contribution in [0.15, 0.2) is 43.0 Å². The zero-order valence-electron chi connectivity index (χ0n) is 7.53. The summed E-state index contributed by atoms with van der Waals surface area (Å²) < 4.78 is 12.1. The zero-order chi connectivity index (χ0) is 8.81. The van der Waals surface area contributed by atoms with Crippen molar-refractivity contribution in [2.75, 3.05) is 7.11 Å². The van der Waals surface area contributed by atoms with E-state index in [0.29, 0.717) is 0 Å². The number of ether oxygens (including phenoxy) is 1. The van der Waals surface area contributed by atoms with Gasteiger partial charge < -0.3 is 4.74 Å². The predicted octanol–water partition coefficient (Wildman–Crippen LogP) is 2.56. The molecule has 11 heavy (non-hydrogen) atoms. The van der Waals surface area contributed by atoms with Gasteiger partial charge in [0.05, 0.1) is 7.47 Å². The van der Waals surface area contributed by atoms with Crippen LogP contribution in [0.3, 0.4) is 0 Å². The Morgan fingerprint density at radius 3 is 2.82 bits per heavy atom. The quantitative estimate of drug-likeness (QED) is 0.600. The van der Waals surface area contributed by atoms with Crippen LogP contribution >= 0.6 is 0 Å². The lowest BCUT2D eigenvalue weighted by atomic mass is 10.1. The first-order valence-electron chi connectivity index (χ1n) is 4.09. The Kier molecular flexibility index (Phi) is 2.37. The van der Waals surface area contributed by atoms with Crippen LogP contribution in [0.2, 0.25) is 0 Å². The summed E-state index contributed by atoms with van der Waals surface area (Å²) in [7, 11) is 1.64. The van der Waals surface area contributed by atoms with Crippen LogP contribution in [0.1, 0.15) is 13.0 Å². The van der Waals surface area contributed by atoms with Crippen molar-refractivity contribution in [2.24, 2.45) is 0 Å². The van der Waals surface area contributed by atoms with E-state index in [1.807, 2.05) is 30.3 Å². The topological polar surface area (TPSA) is 9.23 Å². The molecule has 0 saturated carbocycles. The van der Waals surface area contributed by atoms with Crippen LogP contribution < -0.4 is 0 Å². The van der Waals surface area contributed by atoms with Gasteiger partial charge in [0.2, 0.25) is 0 Å². The maximum absolute atomic E-state index is 6.93. The Morgan fingerprint density at radius 2 is 2.27 bits per heavy atom. The molecule has 0 spiro atoms. The standard InChI is InChI=1S/C10H12O/c1-3-10(11-2)9-7-5-4-6-8-9/h3-8,10H,1H2,2H3/i1D. The Labute approximate surface area is 68.7 Å². The molecule has 0 aliphatic heterocycles. The van der Waals surface area contributed by atoms with E-state index in [4.69, 9.17) is 6.11 Å². The van der Waals surface area contributed by atoms with Gasteiger partial charge in [-0.3, -0.25) is 0 Å². The minimum Gasteiger partial charge on any atom is -0.373 e. The fourth-order valence-electron chi connectivity index (χ4n) is 0.968. The van der Waals surface area contributed by atoms with Crippen molar-refractivity contribution < 1.29 is 6.11 Å². The fraction of sp³-hybridized carbons (Fsp3) is 0.200. The van der Waals surface area contributed by atoms with Crippen LogP contribution in [0.4, 0.5) is 0 Å². The van der Waals surface area contributed by atoms with E-state index in [9.17, 15) is 0 Å². The third-order valence-corrected chi connectivity index (χ3v) is 1.56. The molecule has 1 unspecified atom stereocenters. The molecule has 0 saturated heterocycles. The van der Waals surface area contributed by atoms with Crippen molar-refractivity contribution in [3.05, 3.63) is 48.5 Å². The van der Waals surface area contributed by atoms with Gasteiger partial charge in [-0.1, -0.05) is 36.4 Å². The van der Waals surface area contributed by atoms with Gasteiger partial charge in [0.1, 0.15) is 0 Å². The summed E-state index contributed by atoms with van der Waals surface area (Å²) in [5.74, 6) is 0. The monoisotopic (exact) mass is 149 g/mol. The van der Waals surface area contributed by atoms with Crippen LogP contribution in [-0.2, 0) is 4.74 Å². The largest absolute Gasteiger partial charge is 0.373 e. The number of methoxy groups -OCH3 is 1. The number of rotatable bonds is 3. The highest BCUT2D eigenvalue weighted by molar-refractivity contribution is 5.20. The van der Waals surface area contributed by atoms with Crippen LogP contribution in [0, 0.1) is 0 Å². The molecule has 0 aromatic heterocycles. The lowest BCUT2D eigenvalue weighted by Gasteiger charge is -2.09. The lowest BCUT2D eigenvalue weighted by molar-refractivity contribution is 0.143. The van der Waals surface area contributed by atoms with Gasteiger partial charge in [-0.2, -0.15) is 0 Å². The molecule has 1 aromatic rings. The van der Waals surface area contributed by atoms with Gasteiger partial charge in [0, 0.05) is 7.11 Å². The molecule has 1 heteroatoms. The van der Waals surface area contributed by atoms with E-state index in [2.05, 4.69) is 0 Å². The van der Waals surface area contributed by atoms with Gasteiger partial charge in [-0.25, -0.2) is 0 Å². The molecule has 0 aliphatic rings. The van der Waals surface area contributed by atoms with E-state index >= 15 is 0 Å². The van der Waals surface area contributed by atoms with Crippen LogP contribution in [0.5, 0.6) is 0 Å². The van der Waals surface area contributed by atoms with Crippen LogP contribution in [0.25, 0.3) is 0 Å². The number of hydrogen-bond donors (Lipinski definition) is 0. The predicted molar refractivity (Wildman–Crippen MR) is 46.4 cm³/mol. The zero-order valence-corrected chi connectivity index (χ0v) is 6.53. The fourth-order valence-corrected chi connectivity index (χ4v) is 0.968. The normalized spacial score (nSPS) is 14.8. The van der Waals surface area contributed by atoms with Crippen molar-refractivity contribution in [3.8, 4) is 0 Å². The molecule has 1 nitrogen and oxygen atoms in total. The van der Waals surface area contributed by atoms with Crippen molar-refractivity contribution in [1.29, 1.82) is 0 Å². The third kappa shape index (κ3) is 1.92. The van der Waals surface area contributed by atoms with Crippen molar-refractivity contribution in [2.45, 2.75) is 6.10 Å². The molecule has 0 heterocycles. The molecule has 0 fully saturated rings. The van der Waals surface area contributed by atoms with Gasteiger partial charge in [0.15, 0.2) is 0 Å². The van der Waals surface area contributed by atoms with Crippen molar-refractivity contribution in [1.82, 2.24) is 0 Å². The first-order valence-corrected chi connectivity index (χ1v) is 3.51. The van der Waals surface area contributed by atoms with E-state index in [-0.39, 0.29) is 6.10 Å². The highest BCUT2D eigenvalue weighted by atomic mass is 16.5. The maximum atomic E-state index is 6.93. The molecule has 1 rings (SSSR count). The molecule has 0 radical (unpaired) electrons. The van der Waals surface area contributed by atoms with E-state index in [1.54, 1.807) is 13.2 Å². The molecular formula is C10H12O. The summed E-state index contributed by atoms with van der Waals surface area (Å²) >= 11 is 0. The third-order valence-electron chi connectivity index (χ3n) is 1.56. The van der Waals surface area contributed by atoms with Crippen molar-refractivity contribution in [3.63, 3.8) is 0 Å². The summed E-state index contributed by atoms with van der Waals surface area (Å²) in [5, 5.41) is 0. The summed E-state index contributed by atoms with van der Waals surface area (Å²) in [6, 6.07) is 9.83. The number of hydrogen-bond acceptors (Lipinski definition) is 1. The Bertz CT molecular complexity index is 243. The van der Waals surface area contributed by atoms with Gasteiger partial charge in [-0.05, 0) is 5.56 Å². The average Bonchev–Trinajstić information content (AvgIpc) is 2.15. The van der Waals surface area contributed by atoms with Gasteiger partial charge in [-0.15, -0.1) is 6.55 Å². The van der Waals surface area contributed by atoms with E-state index < -0.39 is 0 Å². The molecule has 1 aromatic carbocycles. The summed E-state index contributed by atoms with van der Waals surface area (Å²) in [6.07, 6.45) is 1.61. The Hall–Kier alpha value is -1.08. The van der Waals surface area contributed by atoms with Crippen molar-refractivity contribution >= 4 is 0 Å². The molecule has 0 aliphatic carbocycles. The lowest BCUT2D eigenvalue weighted by Crippen LogP contribution is -1.95. The van der Waals surface area contributed by atoms with Gasteiger partial charge >= 0.3 is 0 Å². The second kappa shape index (κ2) is 3.94. The second-order valence-electron chi connectivity index (χ2n) is 2.26. The molecule has 0 N–H and O–H groups in total. The van der Waals surface area contributed by atoms with E-state index in [1.165, 1.54) is 6.55 Å². The smallest absolute Gasteiger partial charge is 0.1000 e. The molecule has 0 amide bonds. The molecule has 1 atom stereocenters. The highest BCUT2D eigenvalue weighted by Crippen LogP contribution is 2.15. The molecular weight excluding hydrogens is 136 g/mol. The van der Waals surface area contributed by atoms with Gasteiger partial charge in [0.25, 0.3) is 0 Å². The second-order valence-corrected chi connectivity index (χ2v) is 2.26. The molecule has 58 valence electrons. The first-order chi connectivity index (χ1) is 5.88.